The second-order valence-corrected chi connectivity index (χ2v) is 7.06. The topological polar surface area (TPSA) is 47.6 Å². The summed E-state index contributed by atoms with van der Waals surface area (Å²) in [6.45, 7) is 5.76. The van der Waals surface area contributed by atoms with Crippen molar-refractivity contribution in [2.24, 2.45) is 0 Å². The van der Waals surface area contributed by atoms with Crippen molar-refractivity contribution in [1.82, 2.24) is 5.32 Å². The van der Waals surface area contributed by atoms with E-state index in [1.54, 1.807) is 13.0 Å². The van der Waals surface area contributed by atoms with Gasteiger partial charge in [-0.1, -0.05) is 13.8 Å². The molecule has 1 aliphatic rings. The molecule has 2 rings (SSSR count). The molecule has 0 bridgehead atoms. The number of carbonyl (C=O) groups is 1. The maximum absolute atomic E-state index is 13.7. The maximum atomic E-state index is 13.7. The molecule has 23 heavy (non-hydrogen) atoms. The molecule has 1 aromatic carbocycles. The summed E-state index contributed by atoms with van der Waals surface area (Å²) >= 11 is 4.04. The van der Waals surface area contributed by atoms with Crippen LogP contribution in [0.2, 0.25) is 0 Å². The normalized spacial score (nSPS) is 21.7. The first-order chi connectivity index (χ1) is 10.8. The summed E-state index contributed by atoms with van der Waals surface area (Å²) in [5, 5.41) is 3.03. The Morgan fingerprint density at radius 3 is 2.57 bits per heavy atom. The van der Waals surface area contributed by atoms with E-state index < -0.39 is 11.1 Å². The van der Waals surface area contributed by atoms with Crippen molar-refractivity contribution in [2.45, 2.75) is 57.1 Å². The second kappa shape index (κ2) is 8.02. The lowest BCUT2D eigenvalue weighted by atomic mass is 9.88. The number of benzene rings is 1. The number of nitrogens with one attached hydrogen (secondary N) is 1. The lowest BCUT2D eigenvalue weighted by molar-refractivity contribution is -0.120. The minimum absolute atomic E-state index is 0.0833. The predicted molar refractivity (Wildman–Crippen MR) is 91.1 cm³/mol. The fraction of sp³-hybridized carbons (Fsp3) is 0.588. The van der Waals surface area contributed by atoms with Gasteiger partial charge < -0.3 is 14.8 Å². The van der Waals surface area contributed by atoms with Crippen molar-refractivity contribution in [1.29, 1.82) is 0 Å². The van der Waals surface area contributed by atoms with Crippen molar-refractivity contribution < 1.29 is 18.7 Å². The number of hydrogen-bond donors (Lipinski definition) is 2. The van der Waals surface area contributed by atoms with E-state index in [1.165, 1.54) is 12.1 Å². The van der Waals surface area contributed by atoms with Crippen molar-refractivity contribution >= 4 is 18.4 Å². The fourth-order valence-corrected chi connectivity index (χ4v) is 2.50. The molecule has 1 N–H and O–H groups in total. The van der Waals surface area contributed by atoms with E-state index in [-0.39, 0.29) is 18.5 Å². The monoisotopic (exact) mass is 341 g/mol. The Labute approximate surface area is 142 Å². The SMILES string of the molecule is CC(C)N[C@H]1C[C@@H](Oc2cc(F)cc(OCC(=O)C(C)S)c2)C1. The molecule has 6 heteroatoms. The first-order valence-electron chi connectivity index (χ1n) is 7.90. The summed E-state index contributed by atoms with van der Waals surface area (Å²) in [6, 6.07) is 5.09. The summed E-state index contributed by atoms with van der Waals surface area (Å²) < 4.78 is 24.8. The Hall–Kier alpha value is -1.27. The zero-order chi connectivity index (χ0) is 17.0. The van der Waals surface area contributed by atoms with Crippen LogP contribution in [0.25, 0.3) is 0 Å². The number of Topliss-reactive ketones (excluding diaryl/α,β-unsaturated/α-hetero) is 1. The quantitative estimate of drug-likeness (QED) is 0.714. The van der Waals surface area contributed by atoms with E-state index in [0.29, 0.717) is 23.6 Å². The van der Waals surface area contributed by atoms with Gasteiger partial charge in [-0.15, -0.1) is 0 Å². The van der Waals surface area contributed by atoms with Gasteiger partial charge in [-0.05, 0) is 19.8 Å². The molecule has 0 saturated heterocycles. The minimum Gasteiger partial charge on any atom is -0.490 e. The van der Waals surface area contributed by atoms with Crippen LogP contribution in [0.1, 0.15) is 33.6 Å². The van der Waals surface area contributed by atoms with Crippen LogP contribution < -0.4 is 14.8 Å². The van der Waals surface area contributed by atoms with E-state index in [2.05, 4.69) is 31.8 Å². The predicted octanol–water partition coefficient (Wildman–Crippen LogP) is 3.00. The number of thiol groups is 1. The molecule has 4 nitrogen and oxygen atoms in total. The molecule has 1 aliphatic carbocycles. The lowest BCUT2D eigenvalue weighted by Crippen LogP contribution is -2.49. The van der Waals surface area contributed by atoms with E-state index in [9.17, 15) is 9.18 Å². The highest BCUT2D eigenvalue weighted by atomic mass is 32.1. The molecule has 0 heterocycles. The van der Waals surface area contributed by atoms with E-state index in [1.807, 2.05) is 0 Å². The van der Waals surface area contributed by atoms with Gasteiger partial charge in [-0.25, -0.2) is 4.39 Å². The number of halogens is 1. The zero-order valence-electron chi connectivity index (χ0n) is 13.7. The number of rotatable bonds is 8. The van der Waals surface area contributed by atoms with Crippen LogP contribution in [0.15, 0.2) is 18.2 Å². The molecule has 1 saturated carbocycles. The molecule has 0 amide bonds. The Bertz CT molecular complexity index is 545. The molecule has 1 unspecified atom stereocenters. The average Bonchev–Trinajstić information content (AvgIpc) is 2.41. The van der Waals surface area contributed by atoms with Crippen LogP contribution in [-0.4, -0.2) is 35.8 Å². The van der Waals surface area contributed by atoms with Gasteiger partial charge in [0.25, 0.3) is 0 Å². The van der Waals surface area contributed by atoms with Crippen LogP contribution in [0, 0.1) is 5.82 Å². The van der Waals surface area contributed by atoms with Crippen molar-refractivity contribution in [3.8, 4) is 11.5 Å². The third-order valence-electron chi connectivity index (χ3n) is 3.66. The van der Waals surface area contributed by atoms with Crippen LogP contribution in [0.5, 0.6) is 11.5 Å². The second-order valence-electron chi connectivity index (χ2n) is 6.28. The van der Waals surface area contributed by atoms with Crippen molar-refractivity contribution in [3.63, 3.8) is 0 Å². The van der Waals surface area contributed by atoms with E-state index in [4.69, 9.17) is 9.47 Å². The number of carbonyl (C=O) groups excluding carboxylic acids is 1. The van der Waals surface area contributed by atoms with Gasteiger partial charge in [0, 0.05) is 30.3 Å². The number of hydrogen-bond acceptors (Lipinski definition) is 5. The van der Waals surface area contributed by atoms with E-state index >= 15 is 0 Å². The lowest BCUT2D eigenvalue weighted by Gasteiger charge is -2.37. The zero-order valence-corrected chi connectivity index (χ0v) is 14.6. The Morgan fingerprint density at radius 2 is 1.96 bits per heavy atom. The van der Waals surface area contributed by atoms with Gasteiger partial charge in [0.2, 0.25) is 0 Å². The summed E-state index contributed by atoms with van der Waals surface area (Å²) in [4.78, 5) is 11.5. The van der Waals surface area contributed by atoms with Crippen LogP contribution in [0.4, 0.5) is 4.39 Å². The highest BCUT2D eigenvalue weighted by Gasteiger charge is 2.31. The van der Waals surface area contributed by atoms with Crippen LogP contribution in [-0.2, 0) is 4.79 Å². The largest absolute Gasteiger partial charge is 0.490 e. The van der Waals surface area contributed by atoms with E-state index in [0.717, 1.165) is 12.8 Å². The highest BCUT2D eigenvalue weighted by Crippen LogP contribution is 2.29. The van der Waals surface area contributed by atoms with Gasteiger partial charge in [0.15, 0.2) is 5.78 Å². The molecular weight excluding hydrogens is 317 g/mol. The molecule has 0 aliphatic heterocycles. The molecule has 1 fully saturated rings. The minimum atomic E-state index is -0.444. The molecule has 0 aromatic heterocycles. The Morgan fingerprint density at radius 1 is 1.30 bits per heavy atom. The summed E-state index contributed by atoms with van der Waals surface area (Å²) in [6.07, 6.45) is 1.89. The summed E-state index contributed by atoms with van der Waals surface area (Å²) in [5.41, 5.74) is 0. The highest BCUT2D eigenvalue weighted by molar-refractivity contribution is 7.81. The standard InChI is InChI=1S/C17H24FNO3S/c1-10(2)19-13-6-16(7-13)22-15-5-12(18)4-14(8-15)21-9-17(20)11(3)23/h4-5,8,10-11,13,16,19,23H,6-7,9H2,1-3H3/t11?,13-,16+. The van der Waals surface area contributed by atoms with Gasteiger partial charge in [0.1, 0.15) is 30.0 Å². The molecule has 1 atom stereocenters. The average molecular weight is 341 g/mol. The fourth-order valence-electron chi connectivity index (χ4n) is 2.43. The molecule has 128 valence electrons. The van der Waals surface area contributed by atoms with Gasteiger partial charge >= 0.3 is 0 Å². The summed E-state index contributed by atoms with van der Waals surface area (Å²) in [7, 11) is 0. The third kappa shape index (κ3) is 5.70. The first kappa shape index (κ1) is 18.1. The number of ether oxygens (including phenoxy) is 2. The summed E-state index contributed by atoms with van der Waals surface area (Å²) in [5.74, 6) is 0.125. The van der Waals surface area contributed by atoms with Crippen LogP contribution >= 0.6 is 12.6 Å². The van der Waals surface area contributed by atoms with Crippen molar-refractivity contribution in [2.75, 3.05) is 6.61 Å². The van der Waals surface area contributed by atoms with Crippen LogP contribution in [0.3, 0.4) is 0 Å². The van der Waals surface area contributed by atoms with Crippen molar-refractivity contribution in [3.05, 3.63) is 24.0 Å². The Balaban J connectivity index is 1.87. The van der Waals surface area contributed by atoms with Gasteiger partial charge in [-0.2, -0.15) is 12.6 Å². The molecular formula is C17H24FNO3S. The van der Waals surface area contributed by atoms with Gasteiger partial charge in [-0.3, -0.25) is 4.79 Å². The molecule has 0 spiro atoms. The first-order valence-corrected chi connectivity index (χ1v) is 8.42. The molecule has 0 radical (unpaired) electrons. The molecule has 1 aromatic rings. The Kier molecular flexibility index (Phi) is 6.30. The third-order valence-corrected chi connectivity index (χ3v) is 3.95. The van der Waals surface area contributed by atoms with Gasteiger partial charge in [0.05, 0.1) is 5.25 Å². The maximum Gasteiger partial charge on any atom is 0.182 e. The smallest absolute Gasteiger partial charge is 0.182 e. The number of ketones is 1.